The van der Waals surface area contributed by atoms with E-state index >= 15 is 0 Å². The monoisotopic (exact) mass is 379 g/mol. The smallest absolute Gasteiger partial charge is 0.222 e. The van der Waals surface area contributed by atoms with E-state index in [2.05, 4.69) is 15.0 Å². The van der Waals surface area contributed by atoms with Gasteiger partial charge in [0, 0.05) is 5.56 Å². The molecular weight excluding hydrogens is 364 g/mol. The van der Waals surface area contributed by atoms with Crippen LogP contribution in [0.4, 0.5) is 14.7 Å². The van der Waals surface area contributed by atoms with E-state index in [0.29, 0.717) is 0 Å². The molecule has 0 unspecified atom stereocenters. The van der Waals surface area contributed by atoms with E-state index in [0.717, 1.165) is 12.1 Å². The van der Waals surface area contributed by atoms with E-state index in [1.54, 1.807) is 0 Å². The van der Waals surface area contributed by atoms with Crippen molar-refractivity contribution in [2.75, 3.05) is 12.3 Å². The van der Waals surface area contributed by atoms with Gasteiger partial charge in [-0.15, -0.1) is 0 Å². The standard InChI is InChI=1S/C16H15F2N5O4/c17-7-2-1-6(3-8(7)18)10-11-14(22-16(19)21-10)23(5-20-11)15-13(26)12(25)9(4-24)27-15/h1-3,5,9,12-13,15,24-26H,4H2,(H2,19,21,22)/t9-,12-,13-,15-/m1/s1. The summed E-state index contributed by atoms with van der Waals surface area (Å²) in [5.41, 5.74) is 6.53. The first-order valence-corrected chi connectivity index (χ1v) is 7.98. The van der Waals surface area contributed by atoms with Crippen molar-refractivity contribution >= 4 is 17.1 Å². The number of imidazole rings is 1. The van der Waals surface area contributed by atoms with Gasteiger partial charge in [-0.2, -0.15) is 4.98 Å². The molecule has 0 bridgehead atoms. The number of hydrogen-bond acceptors (Lipinski definition) is 8. The van der Waals surface area contributed by atoms with Crippen molar-refractivity contribution in [2.24, 2.45) is 0 Å². The average Bonchev–Trinajstić information content (AvgIpc) is 3.18. The van der Waals surface area contributed by atoms with Crippen molar-refractivity contribution < 1.29 is 28.8 Å². The second-order valence-electron chi connectivity index (χ2n) is 6.11. The molecule has 3 aromatic rings. The van der Waals surface area contributed by atoms with Crippen LogP contribution >= 0.6 is 0 Å². The number of benzene rings is 1. The van der Waals surface area contributed by atoms with Crippen LogP contribution in [0.2, 0.25) is 0 Å². The minimum absolute atomic E-state index is 0.157. The third kappa shape index (κ3) is 2.80. The molecular formula is C16H15F2N5O4. The molecule has 1 aromatic carbocycles. The molecule has 0 spiro atoms. The molecule has 1 saturated heterocycles. The third-order valence-electron chi connectivity index (χ3n) is 4.42. The van der Waals surface area contributed by atoms with Gasteiger partial charge in [0.1, 0.15) is 29.5 Å². The van der Waals surface area contributed by atoms with Gasteiger partial charge in [0.2, 0.25) is 5.95 Å². The van der Waals surface area contributed by atoms with Gasteiger partial charge in [-0.1, -0.05) is 0 Å². The van der Waals surface area contributed by atoms with E-state index in [1.807, 2.05) is 0 Å². The molecule has 9 nitrogen and oxygen atoms in total. The van der Waals surface area contributed by atoms with Gasteiger partial charge < -0.3 is 25.8 Å². The average molecular weight is 379 g/mol. The number of ether oxygens (including phenoxy) is 1. The van der Waals surface area contributed by atoms with Crippen molar-refractivity contribution in [1.29, 1.82) is 0 Å². The van der Waals surface area contributed by atoms with Crippen molar-refractivity contribution in [3.05, 3.63) is 36.2 Å². The summed E-state index contributed by atoms with van der Waals surface area (Å²) in [5.74, 6) is -2.22. The van der Waals surface area contributed by atoms with Crippen LogP contribution in [0.5, 0.6) is 0 Å². The SMILES string of the molecule is Nc1nc(-c2ccc(F)c(F)c2)c2ncn([C@@H]3O[C@H](CO)[C@@H](O)[C@H]3O)c2n1. The van der Waals surface area contributed by atoms with Gasteiger partial charge in [-0.05, 0) is 18.2 Å². The Balaban J connectivity index is 1.85. The molecule has 4 atom stereocenters. The zero-order chi connectivity index (χ0) is 19.3. The van der Waals surface area contributed by atoms with Crippen LogP contribution in [0.3, 0.4) is 0 Å². The maximum atomic E-state index is 13.6. The number of fused-ring (bicyclic) bond motifs is 1. The van der Waals surface area contributed by atoms with E-state index < -0.39 is 42.8 Å². The zero-order valence-electron chi connectivity index (χ0n) is 13.7. The predicted octanol–water partition coefficient (Wildman–Crippen LogP) is -0.0348. The predicted molar refractivity (Wildman–Crippen MR) is 88.1 cm³/mol. The van der Waals surface area contributed by atoms with Gasteiger partial charge in [-0.3, -0.25) is 4.57 Å². The Morgan fingerprint density at radius 1 is 1.15 bits per heavy atom. The fourth-order valence-corrected chi connectivity index (χ4v) is 3.07. The molecule has 27 heavy (non-hydrogen) atoms. The highest BCUT2D eigenvalue weighted by Gasteiger charge is 2.44. The summed E-state index contributed by atoms with van der Waals surface area (Å²) in [5, 5.41) is 29.4. The summed E-state index contributed by atoms with van der Waals surface area (Å²) in [6.45, 7) is -0.488. The lowest BCUT2D eigenvalue weighted by Crippen LogP contribution is -2.33. The van der Waals surface area contributed by atoms with Gasteiger partial charge in [0.05, 0.1) is 12.9 Å². The van der Waals surface area contributed by atoms with E-state index in [-0.39, 0.29) is 28.4 Å². The Morgan fingerprint density at radius 3 is 2.59 bits per heavy atom. The topological polar surface area (TPSA) is 140 Å². The second-order valence-corrected chi connectivity index (χ2v) is 6.11. The number of halogens is 2. The molecule has 0 aliphatic carbocycles. The molecule has 1 aliphatic rings. The van der Waals surface area contributed by atoms with Crippen LogP contribution in [0.15, 0.2) is 24.5 Å². The Hall–Kier alpha value is -2.73. The Bertz CT molecular complexity index is 1010. The van der Waals surface area contributed by atoms with Crippen LogP contribution in [-0.4, -0.2) is 59.8 Å². The molecule has 4 rings (SSSR count). The number of nitrogens with zero attached hydrogens (tertiary/aromatic N) is 4. The van der Waals surface area contributed by atoms with Gasteiger partial charge >= 0.3 is 0 Å². The number of aromatic nitrogens is 4. The number of aliphatic hydroxyl groups excluding tert-OH is 3. The fourth-order valence-electron chi connectivity index (χ4n) is 3.07. The lowest BCUT2D eigenvalue weighted by molar-refractivity contribution is -0.0511. The first-order chi connectivity index (χ1) is 12.9. The number of nitrogen functional groups attached to an aromatic ring is 1. The van der Waals surface area contributed by atoms with Crippen LogP contribution in [0.1, 0.15) is 6.23 Å². The highest BCUT2D eigenvalue weighted by Crippen LogP contribution is 2.33. The Morgan fingerprint density at radius 2 is 1.93 bits per heavy atom. The summed E-state index contributed by atoms with van der Waals surface area (Å²) in [6.07, 6.45) is -3.41. The fraction of sp³-hybridized carbons (Fsp3) is 0.312. The lowest BCUT2D eigenvalue weighted by Gasteiger charge is -2.16. The number of nitrogens with two attached hydrogens (primary N) is 1. The zero-order valence-corrected chi connectivity index (χ0v) is 13.7. The highest BCUT2D eigenvalue weighted by molar-refractivity contribution is 5.88. The maximum absolute atomic E-state index is 13.6. The van der Waals surface area contributed by atoms with Crippen molar-refractivity contribution in [1.82, 2.24) is 19.5 Å². The largest absolute Gasteiger partial charge is 0.394 e. The summed E-state index contributed by atoms with van der Waals surface area (Å²) >= 11 is 0. The van der Waals surface area contributed by atoms with Gasteiger partial charge in [-0.25, -0.2) is 18.7 Å². The molecule has 1 fully saturated rings. The molecule has 0 amide bonds. The van der Waals surface area contributed by atoms with Crippen molar-refractivity contribution in [2.45, 2.75) is 24.5 Å². The second kappa shape index (κ2) is 6.46. The Labute approximate surface area is 150 Å². The van der Waals surface area contributed by atoms with Crippen molar-refractivity contribution in [3.63, 3.8) is 0 Å². The van der Waals surface area contributed by atoms with E-state index in [1.165, 1.54) is 17.0 Å². The normalized spacial score (nSPS) is 25.4. The van der Waals surface area contributed by atoms with E-state index in [9.17, 15) is 24.1 Å². The van der Waals surface area contributed by atoms with Gasteiger partial charge in [0.15, 0.2) is 23.5 Å². The maximum Gasteiger partial charge on any atom is 0.222 e. The molecule has 5 N–H and O–H groups in total. The molecule has 0 radical (unpaired) electrons. The molecule has 142 valence electrons. The highest BCUT2D eigenvalue weighted by atomic mass is 19.2. The minimum Gasteiger partial charge on any atom is -0.394 e. The number of hydrogen-bond donors (Lipinski definition) is 4. The van der Waals surface area contributed by atoms with Crippen LogP contribution in [-0.2, 0) is 4.74 Å². The first-order valence-electron chi connectivity index (χ1n) is 7.98. The van der Waals surface area contributed by atoms with Crippen LogP contribution < -0.4 is 5.73 Å². The first kappa shape index (κ1) is 17.7. The van der Waals surface area contributed by atoms with Crippen molar-refractivity contribution in [3.8, 4) is 11.3 Å². The van der Waals surface area contributed by atoms with Gasteiger partial charge in [0.25, 0.3) is 0 Å². The number of aliphatic hydroxyl groups is 3. The number of rotatable bonds is 3. The molecule has 1 aliphatic heterocycles. The molecule has 2 aromatic heterocycles. The molecule has 0 saturated carbocycles. The summed E-state index contributed by atoms with van der Waals surface area (Å²) in [7, 11) is 0. The summed E-state index contributed by atoms with van der Waals surface area (Å²) in [6, 6.07) is 3.24. The molecule has 11 heteroatoms. The van der Waals surface area contributed by atoms with E-state index in [4.69, 9.17) is 10.5 Å². The van der Waals surface area contributed by atoms with Crippen LogP contribution in [0.25, 0.3) is 22.4 Å². The quantitative estimate of drug-likeness (QED) is 0.497. The summed E-state index contributed by atoms with van der Waals surface area (Å²) < 4.78 is 33.6. The Kier molecular flexibility index (Phi) is 4.23. The molecule has 3 heterocycles. The number of anilines is 1. The summed E-state index contributed by atoms with van der Waals surface area (Å²) in [4.78, 5) is 12.3. The lowest BCUT2D eigenvalue weighted by atomic mass is 10.1. The van der Waals surface area contributed by atoms with Crippen LogP contribution in [0, 0.1) is 11.6 Å². The minimum atomic E-state index is -1.34. The third-order valence-corrected chi connectivity index (χ3v) is 4.42.